The number of nitrogens with two attached hydrogens (primary N) is 1. The summed E-state index contributed by atoms with van der Waals surface area (Å²) in [7, 11) is 0. The van der Waals surface area contributed by atoms with Crippen LogP contribution in [0.3, 0.4) is 0 Å². The van der Waals surface area contributed by atoms with Crippen molar-refractivity contribution in [3.8, 4) is 6.07 Å². The summed E-state index contributed by atoms with van der Waals surface area (Å²) in [6.07, 6.45) is -0.743. The topological polar surface area (TPSA) is 141 Å². The van der Waals surface area contributed by atoms with Crippen LogP contribution in [0.5, 0.6) is 0 Å². The van der Waals surface area contributed by atoms with E-state index in [4.69, 9.17) is 19.9 Å². The summed E-state index contributed by atoms with van der Waals surface area (Å²) < 4.78 is 15.1. The lowest BCUT2D eigenvalue weighted by molar-refractivity contribution is -0.144. The van der Waals surface area contributed by atoms with E-state index in [1.54, 1.807) is 27.7 Å². The zero-order valence-corrected chi connectivity index (χ0v) is 16.5. The lowest BCUT2D eigenvalue weighted by atomic mass is 10.1. The second-order valence-corrected chi connectivity index (χ2v) is 7.37. The number of nitrogens with zero attached hydrogens (tertiary/aromatic N) is 1. The molecule has 0 radical (unpaired) electrons. The Hall–Kier alpha value is -2.80. The van der Waals surface area contributed by atoms with Gasteiger partial charge in [0.05, 0.1) is 18.6 Å². The number of carbonyl (C=O) groups is 3. The maximum absolute atomic E-state index is 12.0. The van der Waals surface area contributed by atoms with Gasteiger partial charge in [-0.2, -0.15) is 5.26 Å². The summed E-state index contributed by atoms with van der Waals surface area (Å²) in [6.45, 7) is 6.71. The number of hydrogen-bond donors (Lipinski definition) is 2. The first-order chi connectivity index (χ1) is 12.6. The van der Waals surface area contributed by atoms with Crippen LogP contribution in [0.2, 0.25) is 0 Å². The van der Waals surface area contributed by atoms with Gasteiger partial charge >= 0.3 is 18.0 Å². The monoisotopic (exact) mass is 397 g/mol. The number of anilines is 1. The molecule has 1 heterocycles. The first kappa shape index (κ1) is 22.2. The third kappa shape index (κ3) is 7.15. The van der Waals surface area contributed by atoms with Gasteiger partial charge in [-0.15, -0.1) is 11.3 Å². The average molecular weight is 397 g/mol. The average Bonchev–Trinajstić information content (AvgIpc) is 2.87. The first-order valence-corrected chi connectivity index (χ1v) is 9.01. The number of amides is 1. The molecule has 27 heavy (non-hydrogen) atoms. The smallest absolute Gasteiger partial charge is 0.407 e. The lowest BCUT2D eigenvalue weighted by Crippen LogP contribution is -2.33. The molecule has 1 rings (SSSR count). The standard InChI is InChI=1S/C17H23N3O6S/c1-5-24-15(22)13-11(10(8-18)14(19)27-13)9-25-12(21)6-7-20-16(23)26-17(2,3)4/h5-7,9,19H2,1-4H3,(H,20,23). The molecule has 0 spiro atoms. The van der Waals surface area contributed by atoms with E-state index in [2.05, 4.69) is 5.32 Å². The molecule has 148 valence electrons. The van der Waals surface area contributed by atoms with Gasteiger partial charge < -0.3 is 25.3 Å². The molecule has 0 atom stereocenters. The summed E-state index contributed by atoms with van der Waals surface area (Å²) in [4.78, 5) is 35.5. The summed E-state index contributed by atoms with van der Waals surface area (Å²) in [6, 6.07) is 1.90. The van der Waals surface area contributed by atoms with Crippen molar-refractivity contribution in [2.75, 3.05) is 18.9 Å². The Bertz CT molecular complexity index is 745. The molecule has 10 heteroatoms. The highest BCUT2D eigenvalue weighted by Crippen LogP contribution is 2.31. The second kappa shape index (κ2) is 9.78. The highest BCUT2D eigenvalue weighted by atomic mass is 32.1. The largest absolute Gasteiger partial charge is 0.462 e. The third-order valence-corrected chi connectivity index (χ3v) is 4.02. The highest BCUT2D eigenvalue weighted by molar-refractivity contribution is 7.18. The number of nitrogen functional groups attached to an aromatic ring is 1. The summed E-state index contributed by atoms with van der Waals surface area (Å²) in [5.41, 5.74) is 5.41. The van der Waals surface area contributed by atoms with Gasteiger partial charge in [0.1, 0.15) is 28.2 Å². The Morgan fingerprint density at radius 2 is 1.93 bits per heavy atom. The van der Waals surface area contributed by atoms with E-state index in [1.807, 2.05) is 6.07 Å². The molecule has 0 bridgehead atoms. The van der Waals surface area contributed by atoms with Gasteiger partial charge in [0.2, 0.25) is 0 Å². The number of alkyl carbamates (subject to hydrolysis) is 1. The predicted molar refractivity (Wildman–Crippen MR) is 98.1 cm³/mol. The molecule has 0 saturated carbocycles. The van der Waals surface area contributed by atoms with Crippen molar-refractivity contribution in [3.05, 3.63) is 16.0 Å². The van der Waals surface area contributed by atoms with Crippen molar-refractivity contribution >= 4 is 34.4 Å². The van der Waals surface area contributed by atoms with Gasteiger partial charge in [-0.3, -0.25) is 4.79 Å². The van der Waals surface area contributed by atoms with Crippen LogP contribution < -0.4 is 11.1 Å². The Morgan fingerprint density at radius 3 is 2.48 bits per heavy atom. The number of rotatable bonds is 7. The summed E-state index contributed by atoms with van der Waals surface area (Å²) >= 11 is 0.908. The van der Waals surface area contributed by atoms with Crippen LogP contribution in [0.1, 0.15) is 54.9 Å². The van der Waals surface area contributed by atoms with E-state index in [0.29, 0.717) is 0 Å². The van der Waals surface area contributed by atoms with Crippen LogP contribution in [0.25, 0.3) is 0 Å². The quantitative estimate of drug-likeness (QED) is 0.527. The van der Waals surface area contributed by atoms with Crippen molar-refractivity contribution in [1.82, 2.24) is 5.32 Å². The molecular weight excluding hydrogens is 374 g/mol. The molecule has 1 amide bonds. The van der Waals surface area contributed by atoms with Crippen molar-refractivity contribution in [3.63, 3.8) is 0 Å². The van der Waals surface area contributed by atoms with Crippen LogP contribution in [0.4, 0.5) is 9.80 Å². The molecule has 0 fully saturated rings. The molecule has 0 saturated heterocycles. The van der Waals surface area contributed by atoms with E-state index in [1.165, 1.54) is 0 Å². The zero-order valence-electron chi connectivity index (χ0n) is 15.7. The number of nitriles is 1. The third-order valence-electron chi connectivity index (χ3n) is 2.98. The number of carbonyl (C=O) groups excluding carboxylic acids is 3. The van der Waals surface area contributed by atoms with Gasteiger partial charge in [0.25, 0.3) is 0 Å². The van der Waals surface area contributed by atoms with Crippen LogP contribution in [0, 0.1) is 11.3 Å². The van der Waals surface area contributed by atoms with Crippen LogP contribution in [-0.4, -0.2) is 36.8 Å². The Kier molecular flexibility index (Phi) is 8.05. The fraction of sp³-hybridized carbons (Fsp3) is 0.529. The van der Waals surface area contributed by atoms with Crippen molar-refractivity contribution in [1.29, 1.82) is 5.26 Å². The van der Waals surface area contributed by atoms with E-state index in [9.17, 15) is 19.6 Å². The SMILES string of the molecule is CCOC(=O)c1sc(N)c(C#N)c1COC(=O)CCNC(=O)OC(C)(C)C. The molecule has 0 aliphatic carbocycles. The molecule has 3 N–H and O–H groups in total. The number of thiophene rings is 1. The molecule has 0 unspecified atom stereocenters. The van der Waals surface area contributed by atoms with Crippen LogP contribution >= 0.6 is 11.3 Å². The van der Waals surface area contributed by atoms with Crippen molar-refractivity contribution in [2.24, 2.45) is 0 Å². The van der Waals surface area contributed by atoms with E-state index in [0.717, 1.165) is 11.3 Å². The Morgan fingerprint density at radius 1 is 1.26 bits per heavy atom. The number of ether oxygens (including phenoxy) is 3. The van der Waals surface area contributed by atoms with Gasteiger partial charge in [-0.25, -0.2) is 9.59 Å². The van der Waals surface area contributed by atoms with Gasteiger partial charge in [-0.1, -0.05) is 0 Å². The molecule has 1 aromatic heterocycles. The summed E-state index contributed by atoms with van der Waals surface area (Å²) in [5, 5.41) is 11.8. The van der Waals surface area contributed by atoms with Crippen LogP contribution in [0.15, 0.2) is 0 Å². The Labute approximate surface area is 161 Å². The highest BCUT2D eigenvalue weighted by Gasteiger charge is 2.24. The zero-order chi connectivity index (χ0) is 20.6. The maximum atomic E-state index is 12.0. The molecule has 9 nitrogen and oxygen atoms in total. The minimum absolute atomic E-state index is 0.0232. The first-order valence-electron chi connectivity index (χ1n) is 8.19. The number of esters is 2. The van der Waals surface area contributed by atoms with E-state index in [-0.39, 0.29) is 47.2 Å². The number of hydrogen-bond acceptors (Lipinski definition) is 9. The molecule has 0 aliphatic heterocycles. The van der Waals surface area contributed by atoms with Crippen molar-refractivity contribution in [2.45, 2.75) is 46.3 Å². The minimum Gasteiger partial charge on any atom is -0.462 e. The predicted octanol–water partition coefficient (Wildman–Crippen LogP) is 2.34. The fourth-order valence-electron chi connectivity index (χ4n) is 1.91. The molecular formula is C17H23N3O6S. The maximum Gasteiger partial charge on any atom is 0.407 e. The van der Waals surface area contributed by atoms with Gasteiger partial charge in [0, 0.05) is 12.1 Å². The van der Waals surface area contributed by atoms with Crippen molar-refractivity contribution < 1.29 is 28.6 Å². The van der Waals surface area contributed by atoms with E-state index < -0.39 is 23.6 Å². The number of nitrogens with one attached hydrogen (secondary N) is 1. The van der Waals surface area contributed by atoms with E-state index >= 15 is 0 Å². The van der Waals surface area contributed by atoms with Gasteiger partial charge in [-0.05, 0) is 27.7 Å². The molecule has 0 aromatic carbocycles. The minimum atomic E-state index is -0.641. The molecule has 0 aliphatic rings. The normalized spacial score (nSPS) is 10.6. The molecule has 1 aromatic rings. The lowest BCUT2D eigenvalue weighted by Gasteiger charge is -2.19. The Balaban J connectivity index is 2.62. The van der Waals surface area contributed by atoms with Gasteiger partial charge in [0.15, 0.2) is 0 Å². The fourth-order valence-corrected chi connectivity index (χ4v) is 2.83. The summed E-state index contributed by atoms with van der Waals surface area (Å²) in [5.74, 6) is -1.25. The second-order valence-electron chi connectivity index (χ2n) is 6.32. The van der Waals surface area contributed by atoms with Crippen LogP contribution in [-0.2, 0) is 25.6 Å².